The third kappa shape index (κ3) is 7.26. The fraction of sp³-hybridized carbons (Fsp3) is 0.304. The van der Waals surface area contributed by atoms with E-state index in [4.69, 9.17) is 4.74 Å². The molecule has 0 aromatic heterocycles. The fourth-order valence-electron chi connectivity index (χ4n) is 2.62. The quantitative estimate of drug-likeness (QED) is 0.589. The predicted molar refractivity (Wildman–Crippen MR) is 117 cm³/mol. The fourth-order valence-corrected chi connectivity index (χ4v) is 2.62. The summed E-state index contributed by atoms with van der Waals surface area (Å²) < 4.78 is 4.88. The molecule has 0 aliphatic heterocycles. The van der Waals surface area contributed by atoms with Crippen LogP contribution in [0.25, 0.3) is 0 Å². The normalized spacial score (nSPS) is 10.7. The smallest absolute Gasteiger partial charge is 0.325 e. The molecule has 8 heteroatoms. The van der Waals surface area contributed by atoms with Crippen LogP contribution in [-0.2, 0) is 19.7 Å². The minimum Gasteiger partial charge on any atom is -0.454 e. The average molecular weight is 425 g/mol. The van der Waals surface area contributed by atoms with E-state index in [0.717, 1.165) is 5.56 Å². The van der Waals surface area contributed by atoms with E-state index in [-0.39, 0.29) is 17.9 Å². The van der Waals surface area contributed by atoms with E-state index in [0.29, 0.717) is 16.8 Å². The molecule has 0 saturated carbocycles. The molecule has 0 radical (unpaired) electrons. The number of amides is 3. The first kappa shape index (κ1) is 23.6. The SMILES string of the molecule is CNC(=O)c1ccc(NC(=O)COC(=O)CNC(=O)c2ccc(C(C)(C)C)cc2)cc1. The Morgan fingerprint density at radius 1 is 0.839 bits per heavy atom. The summed E-state index contributed by atoms with van der Waals surface area (Å²) in [5.74, 6) is -1.91. The molecule has 0 unspecified atom stereocenters. The van der Waals surface area contributed by atoms with Gasteiger partial charge < -0.3 is 20.7 Å². The Morgan fingerprint density at radius 3 is 1.94 bits per heavy atom. The largest absolute Gasteiger partial charge is 0.454 e. The Bertz CT molecular complexity index is 945. The van der Waals surface area contributed by atoms with Crippen molar-refractivity contribution in [2.75, 3.05) is 25.5 Å². The first-order valence-corrected chi connectivity index (χ1v) is 9.76. The summed E-state index contributed by atoms with van der Waals surface area (Å²) in [5.41, 5.74) is 2.42. The van der Waals surface area contributed by atoms with Crippen molar-refractivity contribution >= 4 is 29.4 Å². The Hall–Kier alpha value is -3.68. The number of ether oxygens (including phenoxy) is 1. The summed E-state index contributed by atoms with van der Waals surface area (Å²) in [6.07, 6.45) is 0. The topological polar surface area (TPSA) is 114 Å². The van der Waals surface area contributed by atoms with Crippen molar-refractivity contribution in [2.24, 2.45) is 0 Å². The number of benzene rings is 2. The Kier molecular flexibility index (Phi) is 7.90. The average Bonchev–Trinajstić information content (AvgIpc) is 2.75. The van der Waals surface area contributed by atoms with Crippen LogP contribution in [0.2, 0.25) is 0 Å². The van der Waals surface area contributed by atoms with Crippen LogP contribution in [0, 0.1) is 0 Å². The molecule has 3 amide bonds. The van der Waals surface area contributed by atoms with Crippen LogP contribution < -0.4 is 16.0 Å². The number of rotatable bonds is 7. The minimum atomic E-state index is -0.732. The van der Waals surface area contributed by atoms with Gasteiger partial charge in [0.1, 0.15) is 6.54 Å². The molecule has 0 spiro atoms. The number of esters is 1. The van der Waals surface area contributed by atoms with Crippen molar-refractivity contribution < 1.29 is 23.9 Å². The van der Waals surface area contributed by atoms with Crippen LogP contribution in [0.3, 0.4) is 0 Å². The third-order valence-corrected chi connectivity index (χ3v) is 4.43. The summed E-state index contributed by atoms with van der Waals surface area (Å²) in [6.45, 7) is 5.39. The van der Waals surface area contributed by atoms with Gasteiger partial charge in [0.15, 0.2) is 6.61 Å². The zero-order chi connectivity index (χ0) is 23.0. The highest BCUT2D eigenvalue weighted by Gasteiger charge is 2.15. The van der Waals surface area contributed by atoms with Crippen LogP contribution in [0.15, 0.2) is 48.5 Å². The molecule has 2 aromatic rings. The highest BCUT2D eigenvalue weighted by molar-refractivity contribution is 5.97. The summed E-state index contributed by atoms with van der Waals surface area (Å²) in [6, 6.07) is 13.4. The van der Waals surface area contributed by atoms with Crippen molar-refractivity contribution in [3.8, 4) is 0 Å². The minimum absolute atomic E-state index is 0.0223. The summed E-state index contributed by atoms with van der Waals surface area (Å²) in [5, 5.41) is 7.52. The second kappa shape index (κ2) is 10.4. The summed E-state index contributed by atoms with van der Waals surface area (Å²) >= 11 is 0. The molecule has 0 aliphatic carbocycles. The first-order chi connectivity index (χ1) is 14.6. The molecule has 0 bridgehead atoms. The second-order valence-corrected chi connectivity index (χ2v) is 7.88. The van der Waals surface area contributed by atoms with Crippen LogP contribution in [0.4, 0.5) is 5.69 Å². The van der Waals surface area contributed by atoms with Gasteiger partial charge in [-0.2, -0.15) is 0 Å². The third-order valence-electron chi connectivity index (χ3n) is 4.43. The number of carbonyl (C=O) groups excluding carboxylic acids is 4. The monoisotopic (exact) mass is 425 g/mol. The van der Waals surface area contributed by atoms with Crippen LogP contribution in [0.5, 0.6) is 0 Å². The lowest BCUT2D eigenvalue weighted by Crippen LogP contribution is -2.32. The number of nitrogens with one attached hydrogen (secondary N) is 3. The zero-order valence-electron chi connectivity index (χ0n) is 18.1. The lowest BCUT2D eigenvalue weighted by Gasteiger charge is -2.19. The Balaban J connectivity index is 1.75. The van der Waals surface area contributed by atoms with Crippen LogP contribution >= 0.6 is 0 Å². The van der Waals surface area contributed by atoms with Gasteiger partial charge in [-0.1, -0.05) is 32.9 Å². The molecule has 164 valence electrons. The number of hydrogen-bond donors (Lipinski definition) is 3. The first-order valence-electron chi connectivity index (χ1n) is 9.76. The van der Waals surface area contributed by atoms with Crippen molar-refractivity contribution in [3.05, 3.63) is 65.2 Å². The molecule has 31 heavy (non-hydrogen) atoms. The van der Waals surface area contributed by atoms with E-state index in [1.165, 1.54) is 7.05 Å². The highest BCUT2D eigenvalue weighted by Crippen LogP contribution is 2.22. The van der Waals surface area contributed by atoms with Gasteiger partial charge in [0.05, 0.1) is 0 Å². The molecule has 0 heterocycles. The number of anilines is 1. The van der Waals surface area contributed by atoms with Gasteiger partial charge in [-0.25, -0.2) is 0 Å². The number of hydrogen-bond acceptors (Lipinski definition) is 5. The van der Waals surface area contributed by atoms with Crippen LogP contribution in [-0.4, -0.2) is 43.9 Å². The van der Waals surface area contributed by atoms with Gasteiger partial charge in [-0.3, -0.25) is 19.2 Å². The van der Waals surface area contributed by atoms with Gasteiger partial charge in [0, 0.05) is 23.9 Å². The van der Waals surface area contributed by atoms with Gasteiger partial charge >= 0.3 is 5.97 Å². The molecule has 0 saturated heterocycles. The molecule has 2 rings (SSSR count). The molecule has 0 fully saturated rings. The molecule has 3 N–H and O–H groups in total. The van der Waals surface area contributed by atoms with Crippen LogP contribution in [0.1, 0.15) is 47.1 Å². The van der Waals surface area contributed by atoms with Gasteiger partial charge in [0.25, 0.3) is 17.7 Å². The molecule has 0 aliphatic rings. The molecular formula is C23H27N3O5. The van der Waals surface area contributed by atoms with E-state index in [9.17, 15) is 19.2 Å². The van der Waals surface area contributed by atoms with Gasteiger partial charge in [-0.05, 0) is 47.4 Å². The lowest BCUT2D eigenvalue weighted by atomic mass is 9.87. The maximum Gasteiger partial charge on any atom is 0.325 e. The Labute approximate surface area is 181 Å². The molecule has 0 atom stereocenters. The van der Waals surface area contributed by atoms with E-state index in [1.807, 2.05) is 12.1 Å². The Morgan fingerprint density at radius 2 is 1.39 bits per heavy atom. The molecule has 8 nitrogen and oxygen atoms in total. The van der Waals surface area contributed by atoms with Gasteiger partial charge in [0.2, 0.25) is 0 Å². The zero-order valence-corrected chi connectivity index (χ0v) is 18.1. The molecular weight excluding hydrogens is 398 g/mol. The standard InChI is InChI=1S/C23H27N3O5/c1-23(2,3)17-9-5-16(6-10-17)22(30)25-13-20(28)31-14-19(27)26-18-11-7-15(8-12-18)21(29)24-4/h5-12H,13-14H2,1-4H3,(H,24,29)(H,25,30)(H,26,27). The second-order valence-electron chi connectivity index (χ2n) is 7.88. The summed E-state index contributed by atoms with van der Waals surface area (Å²) in [7, 11) is 1.53. The molecule has 2 aromatic carbocycles. The maximum atomic E-state index is 12.2. The van der Waals surface area contributed by atoms with Crippen molar-refractivity contribution in [2.45, 2.75) is 26.2 Å². The predicted octanol–water partition coefficient (Wildman–Crippen LogP) is 2.26. The summed E-state index contributed by atoms with van der Waals surface area (Å²) in [4.78, 5) is 47.4. The number of carbonyl (C=O) groups is 4. The van der Waals surface area contributed by atoms with E-state index >= 15 is 0 Å². The maximum absolute atomic E-state index is 12.2. The van der Waals surface area contributed by atoms with Crippen molar-refractivity contribution in [1.29, 1.82) is 0 Å². The van der Waals surface area contributed by atoms with Gasteiger partial charge in [-0.15, -0.1) is 0 Å². The van der Waals surface area contributed by atoms with Crippen molar-refractivity contribution in [1.82, 2.24) is 10.6 Å². The van der Waals surface area contributed by atoms with E-state index in [1.54, 1.807) is 36.4 Å². The van der Waals surface area contributed by atoms with Crippen molar-refractivity contribution in [3.63, 3.8) is 0 Å². The van der Waals surface area contributed by atoms with E-state index in [2.05, 4.69) is 36.7 Å². The highest BCUT2D eigenvalue weighted by atomic mass is 16.5. The van der Waals surface area contributed by atoms with E-state index < -0.39 is 24.4 Å². The lowest BCUT2D eigenvalue weighted by molar-refractivity contribution is -0.146.